The molecule has 2 N–H and O–H groups in total. The number of nitro groups is 1. The van der Waals surface area contributed by atoms with Gasteiger partial charge in [-0.05, 0) is 32.4 Å². The fourth-order valence-corrected chi connectivity index (χ4v) is 1.53. The summed E-state index contributed by atoms with van der Waals surface area (Å²) in [4.78, 5) is 32.5. The number of nitrogens with one attached hydrogen (secondary N) is 1. The lowest BCUT2D eigenvalue weighted by atomic mass is 10.1. The van der Waals surface area contributed by atoms with Gasteiger partial charge in [0.25, 0.3) is 5.69 Å². The van der Waals surface area contributed by atoms with Crippen molar-refractivity contribution in [3.63, 3.8) is 0 Å². The van der Waals surface area contributed by atoms with Crippen LogP contribution in [0.1, 0.15) is 26.3 Å². The number of ether oxygens (including phenoxy) is 1. The number of carbonyl (C=O) groups excluding carboxylic acids is 1. The maximum absolute atomic E-state index is 11.6. The first-order chi connectivity index (χ1) is 9.58. The summed E-state index contributed by atoms with van der Waals surface area (Å²) in [5, 5.41) is 22.0. The fraction of sp³-hybridized carbons (Fsp3) is 0.385. The van der Waals surface area contributed by atoms with Gasteiger partial charge >= 0.3 is 12.1 Å². The second-order valence-corrected chi connectivity index (χ2v) is 5.31. The van der Waals surface area contributed by atoms with Crippen molar-refractivity contribution in [1.29, 1.82) is 0 Å². The lowest BCUT2D eigenvalue weighted by Crippen LogP contribution is -2.27. The molecule has 0 bridgehead atoms. The Morgan fingerprint density at radius 1 is 1.38 bits per heavy atom. The first-order valence-electron chi connectivity index (χ1n) is 6.07. The Labute approximate surface area is 120 Å². The summed E-state index contributed by atoms with van der Waals surface area (Å²) in [5.41, 5.74) is -0.908. The van der Waals surface area contributed by atoms with Crippen LogP contribution < -0.4 is 5.32 Å². The number of carboxylic acids is 1. The molecular formula is C13H16N2O6. The van der Waals surface area contributed by atoms with E-state index in [9.17, 15) is 19.7 Å². The van der Waals surface area contributed by atoms with Crippen LogP contribution >= 0.6 is 0 Å². The van der Waals surface area contributed by atoms with Crippen LogP contribution in [-0.4, -0.2) is 27.7 Å². The van der Waals surface area contributed by atoms with Crippen molar-refractivity contribution in [2.24, 2.45) is 0 Å². The molecule has 0 fully saturated rings. The maximum Gasteiger partial charge on any atom is 0.412 e. The predicted octanol–water partition coefficient (Wildman–Crippen LogP) is 2.57. The lowest BCUT2D eigenvalue weighted by molar-refractivity contribution is -0.384. The standard InChI is InChI=1S/C13H16N2O6/c1-13(2,3)21-12(18)14-9-5-4-8(7-11(16)17)6-10(9)15(19)20/h4-6H,7H2,1-3H3,(H,14,18)(H,16,17). The molecule has 0 unspecified atom stereocenters. The molecule has 21 heavy (non-hydrogen) atoms. The van der Waals surface area contributed by atoms with Gasteiger partial charge in [-0.3, -0.25) is 20.2 Å². The molecule has 0 saturated heterocycles. The molecule has 8 heteroatoms. The van der Waals surface area contributed by atoms with Gasteiger partial charge in [0.15, 0.2) is 0 Å². The quantitative estimate of drug-likeness (QED) is 0.651. The Balaban J connectivity index is 2.99. The smallest absolute Gasteiger partial charge is 0.412 e. The van der Waals surface area contributed by atoms with Gasteiger partial charge in [0, 0.05) is 6.07 Å². The number of amides is 1. The van der Waals surface area contributed by atoms with Crippen LogP contribution in [0.15, 0.2) is 18.2 Å². The van der Waals surface area contributed by atoms with Crippen molar-refractivity contribution >= 4 is 23.4 Å². The van der Waals surface area contributed by atoms with E-state index in [1.54, 1.807) is 20.8 Å². The summed E-state index contributed by atoms with van der Waals surface area (Å²) < 4.78 is 5.00. The number of nitro benzene ring substituents is 1. The summed E-state index contributed by atoms with van der Waals surface area (Å²) in [6.07, 6.45) is -1.16. The lowest BCUT2D eigenvalue weighted by Gasteiger charge is -2.19. The highest BCUT2D eigenvalue weighted by Gasteiger charge is 2.21. The number of carboxylic acid groups (broad SMARTS) is 1. The molecule has 0 aliphatic heterocycles. The van der Waals surface area contributed by atoms with Crippen molar-refractivity contribution in [2.45, 2.75) is 32.8 Å². The molecule has 0 aliphatic carbocycles. The monoisotopic (exact) mass is 296 g/mol. The minimum atomic E-state index is -1.10. The number of hydrogen-bond acceptors (Lipinski definition) is 5. The average molecular weight is 296 g/mol. The third-order valence-corrected chi connectivity index (χ3v) is 2.25. The van der Waals surface area contributed by atoms with Crippen molar-refractivity contribution in [3.8, 4) is 0 Å². The second-order valence-electron chi connectivity index (χ2n) is 5.31. The third-order valence-electron chi connectivity index (χ3n) is 2.25. The van der Waals surface area contributed by atoms with Gasteiger partial charge in [0.05, 0.1) is 11.3 Å². The Morgan fingerprint density at radius 3 is 2.48 bits per heavy atom. The molecule has 1 amide bonds. The van der Waals surface area contributed by atoms with Crippen LogP contribution in [0.25, 0.3) is 0 Å². The minimum absolute atomic E-state index is 0.0524. The molecular weight excluding hydrogens is 280 g/mol. The van der Waals surface area contributed by atoms with Crippen LogP contribution in [0.4, 0.5) is 16.2 Å². The number of carbonyl (C=O) groups is 2. The molecule has 0 saturated carbocycles. The zero-order chi connectivity index (χ0) is 16.2. The molecule has 0 atom stereocenters. The molecule has 1 aromatic carbocycles. The van der Waals surface area contributed by atoms with Gasteiger partial charge in [0.1, 0.15) is 11.3 Å². The SMILES string of the molecule is CC(C)(C)OC(=O)Nc1ccc(CC(=O)O)cc1[N+](=O)[O-]. The topological polar surface area (TPSA) is 119 Å². The molecule has 1 aromatic rings. The van der Waals surface area contributed by atoms with E-state index in [-0.39, 0.29) is 23.4 Å². The molecule has 1 rings (SSSR count). The van der Waals surface area contributed by atoms with Gasteiger partial charge in [-0.15, -0.1) is 0 Å². The summed E-state index contributed by atoms with van der Waals surface area (Å²) in [5.74, 6) is -1.10. The van der Waals surface area contributed by atoms with Gasteiger partial charge in [-0.2, -0.15) is 0 Å². The van der Waals surface area contributed by atoms with E-state index < -0.39 is 22.6 Å². The van der Waals surface area contributed by atoms with Crippen LogP contribution in [0.3, 0.4) is 0 Å². The molecule has 8 nitrogen and oxygen atoms in total. The number of rotatable bonds is 4. The molecule has 0 radical (unpaired) electrons. The Hall–Kier alpha value is -2.64. The normalized spacial score (nSPS) is 10.8. The number of benzene rings is 1. The Kier molecular flexibility index (Phi) is 4.85. The van der Waals surface area contributed by atoms with Crippen LogP contribution in [0.5, 0.6) is 0 Å². The molecule has 0 heterocycles. The number of aliphatic carboxylic acids is 1. The van der Waals surface area contributed by atoms with Crippen molar-refractivity contribution in [1.82, 2.24) is 0 Å². The fourth-order valence-electron chi connectivity index (χ4n) is 1.53. The van der Waals surface area contributed by atoms with Gasteiger partial charge in [-0.25, -0.2) is 4.79 Å². The first-order valence-corrected chi connectivity index (χ1v) is 6.07. The van der Waals surface area contributed by atoms with Crippen LogP contribution in [-0.2, 0) is 16.0 Å². The number of hydrogen-bond donors (Lipinski definition) is 2. The summed E-state index contributed by atoms with van der Waals surface area (Å²) in [7, 11) is 0. The molecule has 0 aromatic heterocycles. The van der Waals surface area contributed by atoms with Gasteiger partial charge in [0.2, 0.25) is 0 Å². The van der Waals surface area contributed by atoms with Gasteiger partial charge in [-0.1, -0.05) is 6.07 Å². The second kappa shape index (κ2) is 6.21. The molecule has 0 aliphatic rings. The largest absolute Gasteiger partial charge is 0.481 e. The van der Waals surface area contributed by atoms with E-state index in [0.29, 0.717) is 0 Å². The van der Waals surface area contributed by atoms with Crippen molar-refractivity contribution in [3.05, 3.63) is 33.9 Å². The van der Waals surface area contributed by atoms with Gasteiger partial charge < -0.3 is 9.84 Å². The van der Waals surface area contributed by atoms with E-state index in [2.05, 4.69) is 5.32 Å². The van der Waals surface area contributed by atoms with E-state index in [4.69, 9.17) is 9.84 Å². The Bertz CT molecular complexity index is 577. The van der Waals surface area contributed by atoms with E-state index in [1.165, 1.54) is 12.1 Å². The van der Waals surface area contributed by atoms with Crippen molar-refractivity contribution in [2.75, 3.05) is 5.32 Å². The molecule has 0 spiro atoms. The van der Waals surface area contributed by atoms with Crippen LogP contribution in [0.2, 0.25) is 0 Å². The molecule has 114 valence electrons. The predicted molar refractivity (Wildman–Crippen MR) is 74.3 cm³/mol. The number of anilines is 1. The van der Waals surface area contributed by atoms with E-state index in [1.807, 2.05) is 0 Å². The summed E-state index contributed by atoms with van der Waals surface area (Å²) in [6, 6.07) is 3.79. The zero-order valence-corrected chi connectivity index (χ0v) is 11.9. The summed E-state index contributed by atoms with van der Waals surface area (Å²) >= 11 is 0. The van der Waals surface area contributed by atoms with Crippen LogP contribution in [0, 0.1) is 10.1 Å². The third kappa shape index (κ3) is 5.47. The number of nitrogens with zero attached hydrogens (tertiary/aromatic N) is 1. The maximum atomic E-state index is 11.6. The highest BCUT2D eigenvalue weighted by atomic mass is 16.6. The van der Waals surface area contributed by atoms with E-state index in [0.717, 1.165) is 6.07 Å². The Morgan fingerprint density at radius 2 is 2.00 bits per heavy atom. The zero-order valence-electron chi connectivity index (χ0n) is 11.9. The highest BCUT2D eigenvalue weighted by molar-refractivity contribution is 5.88. The average Bonchev–Trinajstić information content (AvgIpc) is 2.27. The summed E-state index contributed by atoms with van der Waals surface area (Å²) in [6.45, 7) is 4.99. The minimum Gasteiger partial charge on any atom is -0.481 e. The highest BCUT2D eigenvalue weighted by Crippen LogP contribution is 2.26. The van der Waals surface area contributed by atoms with Crippen molar-refractivity contribution < 1.29 is 24.4 Å². The van der Waals surface area contributed by atoms with E-state index >= 15 is 0 Å². The first kappa shape index (κ1) is 16.4.